The summed E-state index contributed by atoms with van der Waals surface area (Å²) in [5.74, 6) is 9.21. The molecule has 0 radical (unpaired) electrons. The minimum absolute atomic E-state index is 0.0463. The molecule has 2 rings (SSSR count). The molecule has 31 heavy (non-hydrogen) atoms. The van der Waals surface area contributed by atoms with Gasteiger partial charge < -0.3 is 18.9 Å². The Morgan fingerprint density at radius 2 is 1.29 bits per heavy atom. The summed E-state index contributed by atoms with van der Waals surface area (Å²) < 4.78 is 21.9. The van der Waals surface area contributed by atoms with Crippen LogP contribution in [0.3, 0.4) is 0 Å². The fourth-order valence-electron chi connectivity index (χ4n) is 2.83. The van der Waals surface area contributed by atoms with Crippen molar-refractivity contribution in [2.24, 2.45) is 10.8 Å². The Balaban J connectivity index is 2.54. The molecule has 0 spiro atoms. The van der Waals surface area contributed by atoms with E-state index in [-0.39, 0.29) is 10.8 Å². The molecule has 0 atom stereocenters. The van der Waals surface area contributed by atoms with Crippen LogP contribution in [0.4, 0.5) is 0 Å². The molecule has 0 amide bonds. The van der Waals surface area contributed by atoms with Gasteiger partial charge in [0.15, 0.2) is 11.5 Å². The van der Waals surface area contributed by atoms with Crippen molar-refractivity contribution in [3.63, 3.8) is 0 Å². The first-order chi connectivity index (χ1) is 14.5. The summed E-state index contributed by atoms with van der Waals surface area (Å²) in [5.41, 5.74) is 3.33. The van der Waals surface area contributed by atoms with Gasteiger partial charge in [-0.05, 0) is 60.2 Å². The average Bonchev–Trinajstić information content (AvgIpc) is 2.74. The Morgan fingerprint density at radius 1 is 0.742 bits per heavy atom. The second kappa shape index (κ2) is 9.39. The third kappa shape index (κ3) is 5.17. The lowest BCUT2D eigenvalue weighted by Gasteiger charge is -2.34. The van der Waals surface area contributed by atoms with Gasteiger partial charge in [0, 0.05) is 5.41 Å². The van der Waals surface area contributed by atoms with Crippen molar-refractivity contribution in [2.75, 3.05) is 28.4 Å². The highest BCUT2D eigenvalue weighted by molar-refractivity contribution is 5.81. The third-order valence-corrected chi connectivity index (χ3v) is 5.95. The second-order valence-corrected chi connectivity index (χ2v) is 8.93. The van der Waals surface area contributed by atoms with E-state index in [9.17, 15) is 0 Å². The SMILES string of the molecule is C=C(c1ccc(OC)c(C#CC(C)(C)C(C)(C)C)c1)c1cc(OC)c(OC)c(OC)c1. The number of ether oxygens (including phenoxy) is 4. The molecule has 0 aromatic heterocycles. The minimum atomic E-state index is -0.165. The summed E-state index contributed by atoms with van der Waals surface area (Å²) in [4.78, 5) is 0. The van der Waals surface area contributed by atoms with Gasteiger partial charge in [-0.1, -0.05) is 45.3 Å². The Bertz CT molecular complexity index is 989. The number of hydrogen-bond donors (Lipinski definition) is 0. The van der Waals surface area contributed by atoms with Gasteiger partial charge in [0.2, 0.25) is 5.75 Å². The molecule has 0 aliphatic rings. The highest BCUT2D eigenvalue weighted by Crippen LogP contribution is 2.41. The van der Waals surface area contributed by atoms with Gasteiger partial charge in [-0.25, -0.2) is 0 Å². The lowest BCUT2D eigenvalue weighted by Crippen LogP contribution is -2.27. The molecule has 0 heterocycles. The van der Waals surface area contributed by atoms with Crippen LogP contribution in [-0.2, 0) is 0 Å². The van der Waals surface area contributed by atoms with Gasteiger partial charge in [0.1, 0.15) is 5.75 Å². The van der Waals surface area contributed by atoms with Gasteiger partial charge in [-0.3, -0.25) is 0 Å². The van der Waals surface area contributed by atoms with Gasteiger partial charge in [-0.15, -0.1) is 0 Å². The van der Waals surface area contributed by atoms with Gasteiger partial charge in [0.25, 0.3) is 0 Å². The van der Waals surface area contributed by atoms with Crippen LogP contribution in [0.15, 0.2) is 36.9 Å². The van der Waals surface area contributed by atoms with Crippen LogP contribution in [-0.4, -0.2) is 28.4 Å². The Hall–Kier alpha value is -3.06. The van der Waals surface area contributed by atoms with Crippen molar-refractivity contribution in [3.05, 3.63) is 53.6 Å². The summed E-state index contributed by atoms with van der Waals surface area (Å²) >= 11 is 0. The number of benzene rings is 2. The molecule has 2 aromatic rings. The molecule has 0 N–H and O–H groups in total. The fourth-order valence-corrected chi connectivity index (χ4v) is 2.83. The summed E-state index contributed by atoms with van der Waals surface area (Å²) in [5, 5.41) is 0. The van der Waals surface area contributed by atoms with E-state index in [2.05, 4.69) is 53.0 Å². The summed E-state index contributed by atoms with van der Waals surface area (Å²) in [6.07, 6.45) is 0. The van der Waals surface area contributed by atoms with Crippen molar-refractivity contribution in [1.29, 1.82) is 0 Å². The van der Waals surface area contributed by atoms with E-state index in [0.29, 0.717) is 17.2 Å². The lowest BCUT2D eigenvalue weighted by atomic mass is 9.70. The zero-order valence-corrected chi connectivity index (χ0v) is 20.2. The normalized spacial score (nSPS) is 11.3. The molecule has 0 aliphatic heterocycles. The largest absolute Gasteiger partial charge is 0.495 e. The average molecular weight is 423 g/mol. The molecule has 0 saturated carbocycles. The summed E-state index contributed by atoms with van der Waals surface area (Å²) in [7, 11) is 6.44. The summed E-state index contributed by atoms with van der Waals surface area (Å²) in [6.45, 7) is 15.2. The van der Waals surface area contributed by atoms with E-state index in [1.807, 2.05) is 30.3 Å². The zero-order chi connectivity index (χ0) is 23.4. The van der Waals surface area contributed by atoms with Crippen LogP contribution in [0.5, 0.6) is 23.0 Å². The predicted octanol–water partition coefficient (Wildman–Crippen LogP) is 6.21. The van der Waals surface area contributed by atoms with Crippen LogP contribution >= 0.6 is 0 Å². The first-order valence-corrected chi connectivity index (χ1v) is 10.2. The van der Waals surface area contributed by atoms with Crippen LogP contribution in [0, 0.1) is 22.7 Å². The summed E-state index contributed by atoms with van der Waals surface area (Å²) in [6, 6.07) is 9.69. The second-order valence-electron chi connectivity index (χ2n) is 8.93. The van der Waals surface area contributed by atoms with Crippen LogP contribution < -0.4 is 18.9 Å². The number of hydrogen-bond acceptors (Lipinski definition) is 4. The maximum Gasteiger partial charge on any atom is 0.203 e. The first kappa shape index (κ1) is 24.2. The Kier molecular flexibility index (Phi) is 7.33. The van der Waals surface area contributed by atoms with Gasteiger partial charge in [-0.2, -0.15) is 0 Å². The van der Waals surface area contributed by atoms with Crippen molar-refractivity contribution >= 4 is 5.57 Å². The Morgan fingerprint density at radius 3 is 1.74 bits per heavy atom. The molecule has 0 fully saturated rings. The van der Waals surface area contributed by atoms with Crippen molar-refractivity contribution in [2.45, 2.75) is 34.6 Å². The van der Waals surface area contributed by atoms with E-state index in [1.165, 1.54) is 0 Å². The smallest absolute Gasteiger partial charge is 0.203 e. The molecule has 166 valence electrons. The standard InChI is InChI=1S/C27H34O4/c1-18(21-16-23(29-8)25(31-10)24(17-21)30-9)19-11-12-22(28-7)20(15-19)13-14-27(5,6)26(2,3)4/h11-12,15-17H,1H2,2-10H3. The molecular formula is C27H34O4. The molecule has 0 saturated heterocycles. The quantitative estimate of drug-likeness (QED) is 0.519. The zero-order valence-electron chi connectivity index (χ0n) is 20.2. The highest BCUT2D eigenvalue weighted by atomic mass is 16.5. The van der Waals surface area contributed by atoms with E-state index in [1.54, 1.807) is 28.4 Å². The Labute approximate surface area is 187 Å². The van der Waals surface area contributed by atoms with Gasteiger partial charge >= 0.3 is 0 Å². The molecular weight excluding hydrogens is 388 g/mol. The van der Waals surface area contributed by atoms with Crippen LogP contribution in [0.25, 0.3) is 5.57 Å². The molecule has 4 nitrogen and oxygen atoms in total. The topological polar surface area (TPSA) is 36.9 Å². The molecule has 2 aromatic carbocycles. The van der Waals surface area contributed by atoms with E-state index < -0.39 is 0 Å². The first-order valence-electron chi connectivity index (χ1n) is 10.2. The van der Waals surface area contributed by atoms with E-state index >= 15 is 0 Å². The number of methoxy groups -OCH3 is 4. The predicted molar refractivity (Wildman–Crippen MR) is 127 cm³/mol. The lowest BCUT2D eigenvalue weighted by molar-refractivity contribution is 0.205. The highest BCUT2D eigenvalue weighted by Gasteiger charge is 2.30. The minimum Gasteiger partial charge on any atom is -0.495 e. The molecule has 0 aliphatic carbocycles. The van der Waals surface area contributed by atoms with E-state index in [4.69, 9.17) is 18.9 Å². The van der Waals surface area contributed by atoms with Gasteiger partial charge in [0.05, 0.1) is 34.0 Å². The maximum absolute atomic E-state index is 5.55. The maximum atomic E-state index is 5.55. The fraction of sp³-hybridized carbons (Fsp3) is 0.407. The monoisotopic (exact) mass is 422 g/mol. The van der Waals surface area contributed by atoms with Crippen LogP contribution in [0.2, 0.25) is 0 Å². The van der Waals surface area contributed by atoms with E-state index in [0.717, 1.165) is 28.0 Å². The van der Waals surface area contributed by atoms with Crippen LogP contribution in [0.1, 0.15) is 51.3 Å². The van der Waals surface area contributed by atoms with Crippen molar-refractivity contribution < 1.29 is 18.9 Å². The third-order valence-electron chi connectivity index (χ3n) is 5.95. The number of rotatable bonds is 6. The molecule has 0 bridgehead atoms. The molecule has 0 unspecified atom stereocenters. The molecule has 4 heteroatoms. The van der Waals surface area contributed by atoms with Crippen molar-refractivity contribution in [3.8, 4) is 34.8 Å². The van der Waals surface area contributed by atoms with Crippen molar-refractivity contribution in [1.82, 2.24) is 0 Å².